The van der Waals surface area contributed by atoms with E-state index in [0.717, 1.165) is 102 Å². The van der Waals surface area contributed by atoms with Gasteiger partial charge < -0.3 is 33.8 Å². The van der Waals surface area contributed by atoms with Crippen molar-refractivity contribution in [3.8, 4) is 0 Å². The van der Waals surface area contributed by atoms with Crippen LogP contribution in [-0.2, 0) is 65.4 Å². The number of aliphatic hydroxyl groups is 1. The van der Waals surface area contributed by atoms with Crippen LogP contribution >= 0.6 is 15.6 Å². The number of phosphoric ester groups is 2. The number of esters is 4. The summed E-state index contributed by atoms with van der Waals surface area (Å²) < 4.78 is 68.8. The molecule has 612 valence electrons. The molecule has 0 aliphatic rings. The fourth-order valence-corrected chi connectivity index (χ4v) is 14.6. The first-order valence-corrected chi connectivity index (χ1v) is 46.5. The Morgan fingerprint density at radius 1 is 0.282 bits per heavy atom. The van der Waals surface area contributed by atoms with Crippen LogP contribution in [0.15, 0.2) is 0 Å². The zero-order chi connectivity index (χ0) is 75.6. The molecule has 17 nitrogen and oxygen atoms in total. The number of carbonyl (C=O) groups excluding carboxylic acids is 4. The van der Waals surface area contributed by atoms with Gasteiger partial charge in [0, 0.05) is 25.7 Å². The van der Waals surface area contributed by atoms with Crippen molar-refractivity contribution in [1.29, 1.82) is 0 Å². The number of aliphatic hydroxyl groups excluding tert-OH is 1. The molecule has 0 aliphatic heterocycles. The van der Waals surface area contributed by atoms with Crippen LogP contribution in [0, 0.1) is 11.8 Å². The number of hydrogen-bond donors (Lipinski definition) is 3. The van der Waals surface area contributed by atoms with Crippen LogP contribution in [0.1, 0.15) is 446 Å². The maximum Gasteiger partial charge on any atom is 0.472 e. The molecule has 0 fully saturated rings. The minimum absolute atomic E-state index is 0.108. The lowest BCUT2D eigenvalue weighted by Crippen LogP contribution is -2.30. The molecule has 0 saturated carbocycles. The third-order valence-electron chi connectivity index (χ3n) is 20.1. The Morgan fingerprint density at radius 3 is 0.738 bits per heavy atom. The minimum atomic E-state index is -4.96. The molecule has 0 aromatic heterocycles. The van der Waals surface area contributed by atoms with E-state index in [0.29, 0.717) is 25.7 Å². The van der Waals surface area contributed by atoms with Gasteiger partial charge in [0.1, 0.15) is 19.3 Å². The predicted molar refractivity (Wildman–Crippen MR) is 423 cm³/mol. The zero-order valence-corrected chi connectivity index (χ0v) is 69.4. The van der Waals surface area contributed by atoms with E-state index in [1.54, 1.807) is 0 Å². The molecular formula is C84H164O17P2. The SMILES string of the molecule is CCCCCCCCCCCCCCCCCCCC(=O)O[C@H](COC(=O)CCCCCCCCCCC)COP(=O)(O)OC[C@H](O)COP(=O)(O)OC[C@@H](COC(=O)CCCCCCCCCCCCCCCCC(C)CC)OC(=O)CCCCCCCCCCCCCCCCCCC(C)C. The van der Waals surface area contributed by atoms with E-state index in [-0.39, 0.29) is 25.7 Å². The lowest BCUT2D eigenvalue weighted by molar-refractivity contribution is -0.161. The summed E-state index contributed by atoms with van der Waals surface area (Å²) in [4.78, 5) is 73.1. The smallest absolute Gasteiger partial charge is 0.462 e. The fourth-order valence-electron chi connectivity index (χ4n) is 13.0. The molecular weight excluding hydrogens is 1340 g/mol. The highest BCUT2D eigenvalue weighted by Crippen LogP contribution is 2.45. The summed E-state index contributed by atoms with van der Waals surface area (Å²) in [5.74, 6) is -0.445. The summed E-state index contributed by atoms with van der Waals surface area (Å²) in [7, 11) is -9.92. The average Bonchev–Trinajstić information content (AvgIpc) is 0.922. The van der Waals surface area contributed by atoms with E-state index in [1.165, 1.54) is 263 Å². The van der Waals surface area contributed by atoms with Gasteiger partial charge in [-0.3, -0.25) is 37.3 Å². The maximum atomic E-state index is 13.1. The third kappa shape index (κ3) is 76.6. The molecule has 0 aromatic carbocycles. The Morgan fingerprint density at radius 2 is 0.495 bits per heavy atom. The second-order valence-electron chi connectivity index (χ2n) is 30.9. The first-order chi connectivity index (χ1) is 49.9. The fraction of sp³-hybridized carbons (Fsp3) is 0.952. The molecule has 0 bridgehead atoms. The maximum absolute atomic E-state index is 13.1. The second kappa shape index (κ2) is 75.5. The van der Waals surface area contributed by atoms with E-state index in [2.05, 4.69) is 41.5 Å². The highest BCUT2D eigenvalue weighted by atomic mass is 31.2. The molecule has 0 spiro atoms. The Balaban J connectivity index is 5.22. The van der Waals surface area contributed by atoms with Crippen LogP contribution in [0.4, 0.5) is 0 Å². The lowest BCUT2D eigenvalue weighted by atomic mass is 9.99. The normalized spacial score (nSPS) is 14.1. The van der Waals surface area contributed by atoms with Crippen LogP contribution in [0.3, 0.4) is 0 Å². The Hall–Kier alpha value is -1.94. The molecule has 0 aliphatic carbocycles. The van der Waals surface area contributed by atoms with Crippen molar-refractivity contribution in [2.75, 3.05) is 39.6 Å². The molecule has 0 radical (unpaired) electrons. The topological polar surface area (TPSA) is 237 Å². The molecule has 0 heterocycles. The van der Waals surface area contributed by atoms with Crippen molar-refractivity contribution in [3.05, 3.63) is 0 Å². The molecule has 0 saturated heterocycles. The van der Waals surface area contributed by atoms with Crippen molar-refractivity contribution < 1.29 is 80.2 Å². The average molecular weight is 1510 g/mol. The van der Waals surface area contributed by atoms with E-state index >= 15 is 0 Å². The predicted octanol–water partition coefficient (Wildman–Crippen LogP) is 25.5. The molecule has 0 aromatic rings. The summed E-state index contributed by atoms with van der Waals surface area (Å²) in [5.41, 5.74) is 0. The molecule has 103 heavy (non-hydrogen) atoms. The highest BCUT2D eigenvalue weighted by Gasteiger charge is 2.30. The quantitative estimate of drug-likeness (QED) is 0.0222. The number of rotatable bonds is 83. The molecule has 6 atom stereocenters. The van der Waals surface area contributed by atoms with Crippen LogP contribution in [0.5, 0.6) is 0 Å². The van der Waals surface area contributed by atoms with Crippen LogP contribution in [0.2, 0.25) is 0 Å². The number of carbonyl (C=O) groups is 4. The number of unbranched alkanes of at least 4 members (excludes halogenated alkanes) is 52. The van der Waals surface area contributed by atoms with Crippen LogP contribution in [-0.4, -0.2) is 96.7 Å². The third-order valence-corrected chi connectivity index (χ3v) is 22.0. The van der Waals surface area contributed by atoms with Gasteiger partial charge in [0.25, 0.3) is 0 Å². The standard InChI is InChI=1S/C84H164O17P2/c1-7-10-12-14-16-18-19-20-21-22-26-33-38-44-50-56-62-68-83(88)100-79(72-94-81(86)66-60-54-48-40-17-15-13-11-8-2)74-98-102(90,91)96-70-78(85)71-97-103(92,93)99-75-80(73-95-82(87)67-61-55-49-43-37-32-29-28-31-36-42-47-53-59-65-77(6)9-3)101-84(89)69-63-57-51-45-39-34-27-24-23-25-30-35-41-46-52-58-64-76(4)5/h76-80,85H,7-75H2,1-6H3,(H,90,91)(H,92,93)/t77?,78-,79+,80+/m0/s1. The largest absolute Gasteiger partial charge is 0.472 e. The Kier molecular flexibility index (Phi) is 74.1. The minimum Gasteiger partial charge on any atom is -0.462 e. The van der Waals surface area contributed by atoms with E-state index in [1.807, 2.05) is 0 Å². The van der Waals surface area contributed by atoms with Gasteiger partial charge in [-0.2, -0.15) is 0 Å². The van der Waals surface area contributed by atoms with Gasteiger partial charge in [0.05, 0.1) is 26.4 Å². The zero-order valence-electron chi connectivity index (χ0n) is 67.6. The summed E-state index contributed by atoms with van der Waals surface area (Å²) in [6.07, 6.45) is 66.5. The first kappa shape index (κ1) is 101. The van der Waals surface area contributed by atoms with Gasteiger partial charge in [-0.25, -0.2) is 9.13 Å². The van der Waals surface area contributed by atoms with Gasteiger partial charge in [-0.1, -0.05) is 395 Å². The molecule has 3 unspecified atom stereocenters. The lowest BCUT2D eigenvalue weighted by Gasteiger charge is -2.21. The Labute approximate surface area is 632 Å². The van der Waals surface area contributed by atoms with Gasteiger partial charge in [-0.05, 0) is 37.5 Å². The number of hydrogen-bond acceptors (Lipinski definition) is 15. The van der Waals surface area contributed by atoms with Gasteiger partial charge in [0.2, 0.25) is 0 Å². The van der Waals surface area contributed by atoms with Crippen molar-refractivity contribution in [1.82, 2.24) is 0 Å². The number of phosphoric acid groups is 2. The molecule has 0 amide bonds. The van der Waals surface area contributed by atoms with Gasteiger partial charge >= 0.3 is 39.5 Å². The van der Waals surface area contributed by atoms with Crippen molar-refractivity contribution in [2.45, 2.75) is 464 Å². The summed E-state index contributed by atoms with van der Waals surface area (Å²) in [5, 5.41) is 10.7. The van der Waals surface area contributed by atoms with Crippen molar-refractivity contribution >= 4 is 39.5 Å². The van der Waals surface area contributed by atoms with Crippen molar-refractivity contribution in [2.24, 2.45) is 11.8 Å². The summed E-state index contributed by atoms with van der Waals surface area (Å²) in [6.45, 7) is 9.73. The molecule has 0 rings (SSSR count). The number of ether oxygens (including phenoxy) is 4. The summed E-state index contributed by atoms with van der Waals surface area (Å²) in [6, 6.07) is 0. The van der Waals surface area contributed by atoms with Crippen molar-refractivity contribution in [3.63, 3.8) is 0 Å². The first-order valence-electron chi connectivity index (χ1n) is 43.5. The van der Waals surface area contributed by atoms with E-state index in [4.69, 9.17) is 37.0 Å². The summed E-state index contributed by atoms with van der Waals surface area (Å²) >= 11 is 0. The monoisotopic (exact) mass is 1510 g/mol. The Bertz CT molecular complexity index is 1980. The van der Waals surface area contributed by atoms with E-state index < -0.39 is 97.5 Å². The van der Waals surface area contributed by atoms with Gasteiger partial charge in [-0.15, -0.1) is 0 Å². The van der Waals surface area contributed by atoms with Crippen LogP contribution < -0.4 is 0 Å². The molecule has 3 N–H and O–H groups in total. The van der Waals surface area contributed by atoms with Gasteiger partial charge in [0.15, 0.2) is 12.2 Å². The van der Waals surface area contributed by atoms with E-state index in [9.17, 15) is 43.2 Å². The second-order valence-corrected chi connectivity index (χ2v) is 33.8. The highest BCUT2D eigenvalue weighted by molar-refractivity contribution is 7.47. The van der Waals surface area contributed by atoms with Crippen LogP contribution in [0.25, 0.3) is 0 Å². The molecule has 19 heteroatoms.